The molecule has 0 aromatic heterocycles. The van der Waals surface area contributed by atoms with E-state index in [-0.39, 0.29) is 17.5 Å². The molecule has 6 heteroatoms. The van der Waals surface area contributed by atoms with Crippen molar-refractivity contribution in [3.8, 4) is 0 Å². The van der Waals surface area contributed by atoms with Gasteiger partial charge in [-0.1, -0.05) is 101 Å². The molecule has 2 saturated carbocycles. The van der Waals surface area contributed by atoms with E-state index in [1.54, 1.807) is 48.5 Å². The van der Waals surface area contributed by atoms with Gasteiger partial charge in [-0.2, -0.15) is 0 Å². The van der Waals surface area contributed by atoms with E-state index in [4.69, 9.17) is 4.74 Å². The highest BCUT2D eigenvalue weighted by molar-refractivity contribution is 6.03. The third kappa shape index (κ3) is 6.23. The first-order chi connectivity index (χ1) is 19.0. The van der Waals surface area contributed by atoms with E-state index in [2.05, 4.69) is 0 Å². The maximum atomic E-state index is 13.3. The molecule has 2 aliphatic carbocycles. The van der Waals surface area contributed by atoms with Crippen LogP contribution in [0.4, 0.5) is 0 Å². The Morgan fingerprint density at radius 2 is 1.05 bits per heavy atom. The van der Waals surface area contributed by atoms with Gasteiger partial charge in [0.2, 0.25) is 0 Å². The van der Waals surface area contributed by atoms with E-state index < -0.39 is 22.7 Å². The van der Waals surface area contributed by atoms with Crippen molar-refractivity contribution in [1.82, 2.24) is 0 Å². The average molecular weight is 549 g/mol. The van der Waals surface area contributed by atoms with Gasteiger partial charge in [0.15, 0.2) is 17.7 Å². The van der Waals surface area contributed by atoms with Gasteiger partial charge in [-0.05, 0) is 56.6 Å². The van der Waals surface area contributed by atoms with Crippen LogP contribution in [0.25, 0.3) is 0 Å². The second-order valence-electron chi connectivity index (χ2n) is 12.1. The van der Waals surface area contributed by atoms with Crippen LogP contribution in [0.15, 0.2) is 48.5 Å². The highest BCUT2D eigenvalue weighted by Crippen LogP contribution is 2.36. The molecule has 6 nitrogen and oxygen atoms in total. The van der Waals surface area contributed by atoms with Crippen LogP contribution >= 0.6 is 0 Å². The number of aliphatic hydroxyl groups is 2. The Kier molecular flexibility index (Phi) is 9.31. The molecule has 0 heterocycles. The molecule has 0 saturated heterocycles. The van der Waals surface area contributed by atoms with Crippen molar-refractivity contribution < 1.29 is 29.3 Å². The van der Waals surface area contributed by atoms with Crippen LogP contribution in [0.3, 0.4) is 0 Å². The van der Waals surface area contributed by atoms with Gasteiger partial charge in [-0.3, -0.25) is 14.4 Å². The lowest BCUT2D eigenvalue weighted by molar-refractivity contribution is -0.159. The molecule has 0 atom stereocenters. The summed E-state index contributed by atoms with van der Waals surface area (Å²) < 4.78 is 6.13. The normalized spacial score (nSPS) is 18.8. The Labute approximate surface area is 238 Å². The Morgan fingerprint density at radius 1 is 0.700 bits per heavy atom. The van der Waals surface area contributed by atoms with Crippen molar-refractivity contribution >= 4 is 17.5 Å². The first kappa shape index (κ1) is 30.1. The number of hydrogen-bond acceptors (Lipinski definition) is 6. The van der Waals surface area contributed by atoms with Gasteiger partial charge < -0.3 is 14.9 Å². The van der Waals surface area contributed by atoms with Crippen LogP contribution in [0, 0.1) is 5.41 Å². The molecule has 0 spiro atoms. The molecule has 2 fully saturated rings. The predicted molar refractivity (Wildman–Crippen MR) is 154 cm³/mol. The lowest BCUT2D eigenvalue weighted by Crippen LogP contribution is -2.40. The maximum Gasteiger partial charge on any atom is 0.312 e. The fraction of sp³-hybridized carbons (Fsp3) is 0.559. The number of hydrogen-bond donors (Lipinski definition) is 2. The molecule has 2 aromatic carbocycles. The zero-order valence-corrected chi connectivity index (χ0v) is 24.2. The van der Waals surface area contributed by atoms with Gasteiger partial charge in [-0.25, -0.2) is 0 Å². The van der Waals surface area contributed by atoms with Crippen LogP contribution < -0.4 is 0 Å². The summed E-state index contributed by atoms with van der Waals surface area (Å²) in [5, 5.41) is 21.9. The summed E-state index contributed by atoms with van der Waals surface area (Å²) in [6.45, 7) is 5.82. The third-order valence-corrected chi connectivity index (χ3v) is 9.44. The van der Waals surface area contributed by atoms with Crippen molar-refractivity contribution in [3.05, 3.63) is 70.8 Å². The summed E-state index contributed by atoms with van der Waals surface area (Å²) in [6, 6.07) is 13.9. The van der Waals surface area contributed by atoms with Crippen molar-refractivity contribution in [3.63, 3.8) is 0 Å². The van der Waals surface area contributed by atoms with Gasteiger partial charge in [0.25, 0.3) is 0 Å². The molecule has 216 valence electrons. The molecule has 0 radical (unpaired) electrons. The fourth-order valence-corrected chi connectivity index (χ4v) is 6.00. The molecule has 2 aliphatic rings. The van der Waals surface area contributed by atoms with E-state index in [1.165, 1.54) is 0 Å². The summed E-state index contributed by atoms with van der Waals surface area (Å²) in [5.41, 5.74) is -1.02. The number of esters is 1. The average Bonchev–Trinajstić information content (AvgIpc) is 2.99. The first-order valence-electron chi connectivity index (χ1n) is 15.0. The van der Waals surface area contributed by atoms with Gasteiger partial charge in [0.1, 0.15) is 11.2 Å². The summed E-state index contributed by atoms with van der Waals surface area (Å²) in [4.78, 5) is 39.6. The summed E-state index contributed by atoms with van der Waals surface area (Å²) in [7, 11) is 0. The predicted octanol–water partition coefficient (Wildman–Crippen LogP) is 6.90. The van der Waals surface area contributed by atoms with Crippen LogP contribution in [-0.4, -0.2) is 39.0 Å². The molecule has 2 aromatic rings. The Balaban J connectivity index is 1.62. The fourth-order valence-electron chi connectivity index (χ4n) is 6.00. The Morgan fingerprint density at radius 3 is 1.38 bits per heavy atom. The lowest BCUT2D eigenvalue weighted by atomic mass is 9.79. The summed E-state index contributed by atoms with van der Waals surface area (Å²) >= 11 is 0. The van der Waals surface area contributed by atoms with Crippen molar-refractivity contribution in [1.29, 1.82) is 0 Å². The Hall–Kier alpha value is -2.83. The van der Waals surface area contributed by atoms with E-state index in [1.807, 2.05) is 20.8 Å². The minimum atomic E-state index is -1.32. The highest BCUT2D eigenvalue weighted by Gasteiger charge is 2.39. The number of ether oxygens (including phenoxy) is 1. The van der Waals surface area contributed by atoms with Crippen molar-refractivity contribution in [2.45, 2.75) is 115 Å². The van der Waals surface area contributed by atoms with Gasteiger partial charge in [0.05, 0.1) is 5.41 Å². The number of carbonyl (C=O) groups is 3. The minimum absolute atomic E-state index is 0.264. The maximum absolute atomic E-state index is 13.3. The molecule has 0 amide bonds. The van der Waals surface area contributed by atoms with Crippen molar-refractivity contribution in [2.24, 2.45) is 5.41 Å². The second-order valence-corrected chi connectivity index (χ2v) is 12.1. The molecular formula is C34H44O6. The smallest absolute Gasteiger partial charge is 0.312 e. The van der Waals surface area contributed by atoms with Crippen LogP contribution in [0.1, 0.15) is 136 Å². The minimum Gasteiger partial charge on any atom is -0.452 e. The number of rotatable bonds is 10. The molecule has 0 unspecified atom stereocenters. The first-order valence-corrected chi connectivity index (χ1v) is 15.0. The molecule has 4 rings (SSSR count). The van der Waals surface area contributed by atoms with Crippen LogP contribution in [0.5, 0.6) is 0 Å². The van der Waals surface area contributed by atoms with Gasteiger partial charge in [0, 0.05) is 11.1 Å². The van der Waals surface area contributed by atoms with Crippen LogP contribution in [0.2, 0.25) is 0 Å². The number of benzene rings is 2. The molecule has 2 N–H and O–H groups in total. The standard InChI is InChI=1S/C34H44O6/c1-4-32(3,5-2)31(37)40-28(24-12-16-26(17-13-24)29(35)33(38)20-8-6-9-21-33)25-14-18-27(19-15-25)30(36)34(39)22-10-7-11-23-34/h12-19,28,38-39H,4-11,20-23H2,1-3H3. The molecule has 0 bridgehead atoms. The van der Waals surface area contributed by atoms with Gasteiger partial charge >= 0.3 is 5.97 Å². The third-order valence-electron chi connectivity index (χ3n) is 9.44. The summed E-state index contributed by atoms with van der Waals surface area (Å²) in [5.74, 6) is -0.837. The van der Waals surface area contributed by atoms with Gasteiger partial charge in [-0.15, -0.1) is 0 Å². The van der Waals surface area contributed by atoms with Crippen LogP contribution in [-0.2, 0) is 9.53 Å². The Bertz CT molecular complexity index is 1100. The van der Waals surface area contributed by atoms with E-state index in [9.17, 15) is 24.6 Å². The molecule has 40 heavy (non-hydrogen) atoms. The van der Waals surface area contributed by atoms with E-state index >= 15 is 0 Å². The number of Topliss-reactive ketones (excluding diaryl/α,β-unsaturated/α-hetero) is 2. The van der Waals surface area contributed by atoms with Crippen molar-refractivity contribution in [2.75, 3.05) is 0 Å². The molecule has 0 aliphatic heterocycles. The number of carbonyl (C=O) groups excluding carboxylic acids is 3. The lowest BCUT2D eigenvalue weighted by Gasteiger charge is -2.31. The monoisotopic (exact) mass is 548 g/mol. The number of ketones is 2. The topological polar surface area (TPSA) is 101 Å². The largest absolute Gasteiger partial charge is 0.452 e. The highest BCUT2D eigenvalue weighted by atomic mass is 16.5. The molecular weight excluding hydrogens is 504 g/mol. The zero-order chi connectivity index (χ0) is 29.0. The zero-order valence-electron chi connectivity index (χ0n) is 24.2. The second kappa shape index (κ2) is 12.4. The quantitative estimate of drug-likeness (QED) is 0.247. The van der Waals surface area contributed by atoms with E-state index in [0.717, 1.165) is 38.5 Å². The summed E-state index contributed by atoms with van der Waals surface area (Å²) in [6.07, 6.45) is 7.81. The SMILES string of the molecule is CCC(C)(CC)C(=O)OC(c1ccc(C(=O)C2(O)CCCCC2)cc1)c1ccc(C(=O)C2(O)CCCCC2)cc1. The van der Waals surface area contributed by atoms with E-state index in [0.29, 0.717) is 60.8 Å².